The molecule has 0 radical (unpaired) electrons. The van der Waals surface area contributed by atoms with Crippen LogP contribution in [0.3, 0.4) is 0 Å². The Morgan fingerprint density at radius 3 is 2.47 bits per heavy atom. The standard InChI is InChI=1S/C13H12I2O2/c1-15(14)12-6-5-9-7-11(13(16)17-2)4-3-10(9)8-12/h3-8H,1-2H3. The summed E-state index contributed by atoms with van der Waals surface area (Å²) >= 11 is 1.59. The van der Waals surface area contributed by atoms with Crippen LogP contribution >= 0.6 is 34.5 Å². The molecule has 0 bridgehead atoms. The van der Waals surface area contributed by atoms with Gasteiger partial charge < -0.3 is 0 Å². The normalized spacial score (nSPS) is 11.4. The SMILES string of the molecule is COC(=O)c1ccc2cc(I(C)I)ccc2c1. The fourth-order valence-electron chi connectivity index (χ4n) is 1.62. The number of ether oxygens (including phenoxy) is 1. The van der Waals surface area contributed by atoms with Gasteiger partial charge in [0.1, 0.15) is 0 Å². The molecule has 2 nitrogen and oxygen atoms in total. The summed E-state index contributed by atoms with van der Waals surface area (Å²) in [6.07, 6.45) is 0. The van der Waals surface area contributed by atoms with Gasteiger partial charge in [-0.25, -0.2) is 0 Å². The molecule has 0 aliphatic carbocycles. The zero-order chi connectivity index (χ0) is 12.4. The van der Waals surface area contributed by atoms with Gasteiger partial charge >= 0.3 is 118 Å². The maximum absolute atomic E-state index is 11.4. The number of rotatable bonds is 2. The number of fused-ring (bicyclic) bond motifs is 1. The van der Waals surface area contributed by atoms with Gasteiger partial charge in [0.25, 0.3) is 0 Å². The molecule has 0 aliphatic rings. The number of carbonyl (C=O) groups is 1. The molecule has 2 rings (SSSR count). The monoisotopic (exact) mass is 454 g/mol. The van der Waals surface area contributed by atoms with Gasteiger partial charge in [-0.1, -0.05) is 0 Å². The van der Waals surface area contributed by atoms with Gasteiger partial charge in [-0.3, -0.25) is 0 Å². The van der Waals surface area contributed by atoms with Crippen molar-refractivity contribution in [3.05, 3.63) is 45.5 Å². The van der Waals surface area contributed by atoms with Crippen LogP contribution in [0.1, 0.15) is 10.4 Å². The first-order valence-corrected chi connectivity index (χ1v) is 14.5. The van der Waals surface area contributed by atoms with Gasteiger partial charge in [0, 0.05) is 0 Å². The van der Waals surface area contributed by atoms with E-state index < -0.39 is 15.8 Å². The number of benzene rings is 2. The first kappa shape index (κ1) is 13.1. The van der Waals surface area contributed by atoms with Crippen molar-refractivity contribution in [3.63, 3.8) is 0 Å². The van der Waals surface area contributed by atoms with Crippen LogP contribution < -0.4 is 0 Å². The van der Waals surface area contributed by atoms with Crippen molar-refractivity contribution in [1.82, 2.24) is 0 Å². The van der Waals surface area contributed by atoms with E-state index >= 15 is 0 Å². The molecule has 0 saturated heterocycles. The maximum atomic E-state index is 11.4. The van der Waals surface area contributed by atoms with E-state index in [2.05, 4.69) is 41.7 Å². The topological polar surface area (TPSA) is 26.3 Å². The molecule has 0 unspecified atom stereocenters. The van der Waals surface area contributed by atoms with Crippen molar-refractivity contribution in [2.24, 2.45) is 0 Å². The van der Waals surface area contributed by atoms with Crippen LogP contribution in [0, 0.1) is 3.57 Å². The Labute approximate surface area is 117 Å². The number of methoxy groups -OCH3 is 1. The summed E-state index contributed by atoms with van der Waals surface area (Å²) in [5.74, 6) is -0.284. The van der Waals surface area contributed by atoms with Gasteiger partial charge in [-0.05, 0) is 0 Å². The number of hydrogen-bond donors (Lipinski definition) is 0. The minimum atomic E-state index is -0.960. The number of alkyl halides is 1. The van der Waals surface area contributed by atoms with Crippen molar-refractivity contribution < 1.29 is 9.53 Å². The van der Waals surface area contributed by atoms with Crippen LogP contribution in [0.4, 0.5) is 0 Å². The Morgan fingerprint density at radius 1 is 1.18 bits per heavy atom. The van der Waals surface area contributed by atoms with Gasteiger partial charge in [0.05, 0.1) is 0 Å². The Hall–Kier alpha value is -0.370. The summed E-state index contributed by atoms with van der Waals surface area (Å²) < 4.78 is 6.17. The van der Waals surface area contributed by atoms with E-state index in [1.807, 2.05) is 18.2 Å². The molecule has 0 amide bonds. The average Bonchev–Trinajstić information content (AvgIpc) is 2.36. The molecule has 2 aromatic carbocycles. The predicted octanol–water partition coefficient (Wildman–Crippen LogP) is 4.28. The van der Waals surface area contributed by atoms with Crippen molar-refractivity contribution in [2.75, 3.05) is 12.0 Å². The van der Waals surface area contributed by atoms with Crippen molar-refractivity contribution >= 4 is 51.2 Å². The van der Waals surface area contributed by atoms with E-state index in [9.17, 15) is 4.79 Å². The molecule has 17 heavy (non-hydrogen) atoms. The Kier molecular flexibility index (Phi) is 4.24. The second kappa shape index (κ2) is 5.51. The van der Waals surface area contributed by atoms with Crippen LogP contribution in [0.5, 0.6) is 0 Å². The molecule has 4 heteroatoms. The van der Waals surface area contributed by atoms with E-state index in [1.54, 1.807) is 0 Å². The molecule has 0 N–H and O–H groups in total. The zero-order valence-corrected chi connectivity index (χ0v) is 13.9. The molecule has 90 valence electrons. The van der Waals surface area contributed by atoms with E-state index in [-0.39, 0.29) is 5.97 Å². The fourth-order valence-corrected chi connectivity index (χ4v) is 4.76. The third-order valence-electron chi connectivity index (χ3n) is 2.52. The Morgan fingerprint density at radius 2 is 1.82 bits per heavy atom. The molecular formula is C13H12I2O2. The number of carbonyl (C=O) groups excluding carboxylic acids is 1. The predicted molar refractivity (Wildman–Crippen MR) is 87.9 cm³/mol. The van der Waals surface area contributed by atoms with E-state index in [0.29, 0.717) is 5.56 Å². The van der Waals surface area contributed by atoms with E-state index in [1.165, 1.54) is 16.1 Å². The zero-order valence-electron chi connectivity index (χ0n) is 9.54. The second-order valence-corrected chi connectivity index (χ2v) is 15.4. The third kappa shape index (κ3) is 2.90. The molecule has 0 fully saturated rings. The summed E-state index contributed by atoms with van der Waals surface area (Å²) in [7, 11) is 1.40. The van der Waals surface area contributed by atoms with Crippen LogP contribution in [0.15, 0.2) is 36.4 Å². The molecule has 0 aromatic heterocycles. The third-order valence-corrected chi connectivity index (χ3v) is 8.07. The van der Waals surface area contributed by atoms with Crippen LogP contribution in [0.2, 0.25) is 0 Å². The van der Waals surface area contributed by atoms with Gasteiger partial charge in [0.2, 0.25) is 0 Å². The molecule has 0 saturated carbocycles. The number of halogens is 2. The molecule has 0 aliphatic heterocycles. The number of esters is 1. The fraction of sp³-hybridized carbons (Fsp3) is 0.154. The minimum absolute atomic E-state index is 0.284. The first-order valence-electron chi connectivity index (χ1n) is 5.00. The van der Waals surface area contributed by atoms with Gasteiger partial charge in [-0.15, -0.1) is 0 Å². The van der Waals surface area contributed by atoms with Gasteiger partial charge in [-0.2, -0.15) is 0 Å². The first-order chi connectivity index (χ1) is 8.11. The molecule has 0 atom stereocenters. The summed E-state index contributed by atoms with van der Waals surface area (Å²) in [4.78, 5) is 13.7. The summed E-state index contributed by atoms with van der Waals surface area (Å²) in [5, 5.41) is 2.28. The van der Waals surface area contributed by atoms with Crippen LogP contribution in [-0.4, -0.2) is 18.0 Å². The summed E-state index contributed by atoms with van der Waals surface area (Å²) in [6, 6.07) is 12.2. The second-order valence-electron chi connectivity index (χ2n) is 3.60. The molecule has 2 aromatic rings. The quantitative estimate of drug-likeness (QED) is 0.385. The molecule has 0 spiro atoms. The Balaban J connectivity index is 2.50. The van der Waals surface area contributed by atoms with Crippen molar-refractivity contribution in [3.8, 4) is 0 Å². The van der Waals surface area contributed by atoms with Crippen molar-refractivity contribution in [2.45, 2.75) is 0 Å². The van der Waals surface area contributed by atoms with Gasteiger partial charge in [0.15, 0.2) is 0 Å². The van der Waals surface area contributed by atoms with Crippen molar-refractivity contribution in [1.29, 1.82) is 0 Å². The molecule has 0 heterocycles. The average molecular weight is 454 g/mol. The van der Waals surface area contributed by atoms with Crippen LogP contribution in [0.25, 0.3) is 10.8 Å². The summed E-state index contributed by atoms with van der Waals surface area (Å²) in [5.41, 5.74) is 0.606. The summed E-state index contributed by atoms with van der Waals surface area (Å²) in [6.45, 7) is 0. The molecular weight excluding hydrogens is 442 g/mol. The van der Waals surface area contributed by atoms with E-state index in [4.69, 9.17) is 4.74 Å². The van der Waals surface area contributed by atoms with E-state index in [0.717, 1.165) is 5.39 Å². The Bertz CT molecular complexity index is 564. The number of hydrogen-bond acceptors (Lipinski definition) is 2. The van der Waals surface area contributed by atoms with Crippen LogP contribution in [-0.2, 0) is 4.74 Å².